The van der Waals surface area contributed by atoms with Gasteiger partial charge in [-0.3, -0.25) is 4.79 Å². The first-order valence-corrected chi connectivity index (χ1v) is 12.6. The van der Waals surface area contributed by atoms with Crippen LogP contribution in [-0.2, 0) is 14.3 Å². The molecule has 0 saturated heterocycles. The number of carboxylic acid groups (broad SMARTS) is 1. The van der Waals surface area contributed by atoms with Gasteiger partial charge in [-0.2, -0.15) is 0 Å². The van der Waals surface area contributed by atoms with Crippen LogP contribution in [0.25, 0.3) is 11.1 Å². The summed E-state index contributed by atoms with van der Waals surface area (Å²) in [5.74, 6) is -1.10. The summed E-state index contributed by atoms with van der Waals surface area (Å²) in [6.07, 6.45) is 4.86. The van der Waals surface area contributed by atoms with E-state index in [1.165, 1.54) is 11.1 Å². The molecule has 2 fully saturated rings. The molecule has 0 unspecified atom stereocenters. The number of hydrogen-bond donors (Lipinski definition) is 3. The Morgan fingerprint density at radius 1 is 0.943 bits per heavy atom. The highest BCUT2D eigenvalue weighted by molar-refractivity contribution is 5.85. The van der Waals surface area contributed by atoms with Crippen LogP contribution in [0.4, 0.5) is 4.79 Å². The Bertz CT molecular complexity index is 1070. The molecule has 2 aromatic carbocycles. The number of nitrogens with one attached hydrogen (secondary N) is 2. The SMILES string of the molecule is O=C(N[C@H]1CCC[C@@H](C(=O)N[C@@H](CC2CC2)C(=O)O)C1)OCC1c2ccccc2-c2ccccc21. The zero-order valence-corrected chi connectivity index (χ0v) is 19.7. The quantitative estimate of drug-likeness (QED) is 0.522. The molecule has 3 aliphatic rings. The first-order chi connectivity index (χ1) is 17.0. The Balaban J connectivity index is 1.14. The van der Waals surface area contributed by atoms with Gasteiger partial charge in [0.25, 0.3) is 0 Å². The average Bonchev–Trinajstić information content (AvgIpc) is 3.63. The van der Waals surface area contributed by atoms with E-state index in [0.717, 1.165) is 36.8 Å². The number of carbonyl (C=O) groups is 3. The van der Waals surface area contributed by atoms with Crippen LogP contribution in [-0.4, -0.2) is 41.8 Å². The predicted molar refractivity (Wildman–Crippen MR) is 131 cm³/mol. The van der Waals surface area contributed by atoms with Crippen molar-refractivity contribution in [3.8, 4) is 11.1 Å². The fourth-order valence-corrected chi connectivity index (χ4v) is 5.56. The number of fused-ring (bicyclic) bond motifs is 3. The number of carbonyl (C=O) groups excluding carboxylic acids is 2. The second-order valence-electron chi connectivity index (χ2n) is 10.1. The van der Waals surface area contributed by atoms with Gasteiger partial charge in [0.15, 0.2) is 0 Å². The van der Waals surface area contributed by atoms with Crippen molar-refractivity contribution in [3.05, 3.63) is 59.7 Å². The van der Waals surface area contributed by atoms with Gasteiger partial charge in [-0.25, -0.2) is 9.59 Å². The number of benzene rings is 2. The van der Waals surface area contributed by atoms with Gasteiger partial charge in [-0.05, 0) is 53.9 Å². The van der Waals surface area contributed by atoms with E-state index in [-0.39, 0.29) is 30.4 Å². The topological polar surface area (TPSA) is 105 Å². The molecule has 0 radical (unpaired) electrons. The molecular formula is C28H32N2O5. The van der Waals surface area contributed by atoms with Gasteiger partial charge in [0.1, 0.15) is 12.6 Å². The van der Waals surface area contributed by atoms with E-state index in [1.807, 2.05) is 24.3 Å². The number of carboxylic acids is 1. The summed E-state index contributed by atoms with van der Waals surface area (Å²) in [5.41, 5.74) is 4.68. The van der Waals surface area contributed by atoms with Gasteiger partial charge in [-0.1, -0.05) is 67.8 Å². The van der Waals surface area contributed by atoms with E-state index in [1.54, 1.807) is 0 Å². The highest BCUT2D eigenvalue weighted by Crippen LogP contribution is 2.44. The first-order valence-electron chi connectivity index (χ1n) is 12.6. The number of aliphatic carboxylic acids is 1. The summed E-state index contributed by atoms with van der Waals surface area (Å²) >= 11 is 0. The van der Waals surface area contributed by atoms with Crippen LogP contribution in [0.3, 0.4) is 0 Å². The third kappa shape index (κ3) is 5.34. The minimum absolute atomic E-state index is 0.00236. The smallest absolute Gasteiger partial charge is 0.407 e. The van der Waals surface area contributed by atoms with Gasteiger partial charge in [0.2, 0.25) is 5.91 Å². The molecule has 184 valence electrons. The molecular weight excluding hydrogens is 444 g/mol. The molecule has 7 nitrogen and oxygen atoms in total. The van der Waals surface area contributed by atoms with Crippen molar-refractivity contribution in [1.29, 1.82) is 0 Å². The van der Waals surface area contributed by atoms with Crippen LogP contribution in [0.15, 0.2) is 48.5 Å². The molecule has 3 N–H and O–H groups in total. The lowest BCUT2D eigenvalue weighted by atomic mass is 9.85. The molecule has 2 saturated carbocycles. The molecule has 2 aromatic rings. The van der Waals surface area contributed by atoms with E-state index in [9.17, 15) is 19.5 Å². The van der Waals surface area contributed by atoms with Gasteiger partial charge >= 0.3 is 12.1 Å². The minimum Gasteiger partial charge on any atom is -0.480 e. The van der Waals surface area contributed by atoms with Crippen LogP contribution in [0, 0.1) is 11.8 Å². The van der Waals surface area contributed by atoms with E-state index in [0.29, 0.717) is 25.2 Å². The molecule has 7 heteroatoms. The molecule has 0 aliphatic heterocycles. The lowest BCUT2D eigenvalue weighted by molar-refractivity contribution is -0.143. The molecule has 0 aromatic heterocycles. The third-order valence-corrected chi connectivity index (χ3v) is 7.59. The first kappa shape index (κ1) is 23.4. The maximum atomic E-state index is 12.8. The molecule has 0 spiro atoms. The second-order valence-corrected chi connectivity index (χ2v) is 10.1. The zero-order valence-electron chi connectivity index (χ0n) is 19.7. The van der Waals surface area contributed by atoms with E-state index in [2.05, 4.69) is 34.9 Å². The summed E-state index contributed by atoms with van der Waals surface area (Å²) in [6, 6.07) is 15.4. The number of amides is 2. The fourth-order valence-electron chi connectivity index (χ4n) is 5.56. The summed E-state index contributed by atoms with van der Waals surface area (Å²) < 4.78 is 5.66. The van der Waals surface area contributed by atoms with Crippen molar-refractivity contribution >= 4 is 18.0 Å². The van der Waals surface area contributed by atoms with Crippen molar-refractivity contribution in [3.63, 3.8) is 0 Å². The van der Waals surface area contributed by atoms with Crippen molar-refractivity contribution in [1.82, 2.24) is 10.6 Å². The number of hydrogen-bond acceptors (Lipinski definition) is 4. The highest BCUT2D eigenvalue weighted by atomic mass is 16.5. The maximum absolute atomic E-state index is 12.8. The molecule has 35 heavy (non-hydrogen) atoms. The number of rotatable bonds is 8. The maximum Gasteiger partial charge on any atom is 0.407 e. The van der Waals surface area contributed by atoms with Gasteiger partial charge in [-0.15, -0.1) is 0 Å². The van der Waals surface area contributed by atoms with Crippen molar-refractivity contribution in [2.75, 3.05) is 6.61 Å². The average molecular weight is 477 g/mol. The molecule has 0 heterocycles. The third-order valence-electron chi connectivity index (χ3n) is 7.59. The number of alkyl carbamates (subject to hydrolysis) is 1. The van der Waals surface area contributed by atoms with E-state index < -0.39 is 18.1 Å². The monoisotopic (exact) mass is 476 g/mol. The van der Waals surface area contributed by atoms with Gasteiger partial charge < -0.3 is 20.5 Å². The summed E-state index contributed by atoms with van der Waals surface area (Å²) in [7, 11) is 0. The summed E-state index contributed by atoms with van der Waals surface area (Å²) in [6.45, 7) is 0.248. The highest BCUT2D eigenvalue weighted by Gasteiger charge is 2.34. The molecule has 5 rings (SSSR count). The Labute approximate surface area is 205 Å². The van der Waals surface area contributed by atoms with Gasteiger partial charge in [0.05, 0.1) is 0 Å². The predicted octanol–water partition coefficient (Wildman–Crippen LogP) is 4.45. The van der Waals surface area contributed by atoms with Crippen LogP contribution in [0.5, 0.6) is 0 Å². The summed E-state index contributed by atoms with van der Waals surface area (Å²) in [4.78, 5) is 37.0. The lowest BCUT2D eigenvalue weighted by Crippen LogP contribution is -2.47. The number of ether oxygens (including phenoxy) is 1. The van der Waals surface area contributed by atoms with Crippen LogP contribution < -0.4 is 10.6 Å². The van der Waals surface area contributed by atoms with Crippen molar-refractivity contribution < 1.29 is 24.2 Å². The minimum atomic E-state index is -0.977. The molecule has 3 aliphatic carbocycles. The standard InChI is InChI=1S/C28H32N2O5/c31-26(30-25(27(32)33)14-17-12-13-17)18-6-5-7-19(15-18)29-28(34)35-16-24-22-10-3-1-8-20(22)21-9-2-4-11-23(21)24/h1-4,8-11,17-19,24-25H,5-7,12-16H2,(H,29,34)(H,30,31)(H,32,33)/t18-,19+,25+/m1/s1. The molecule has 2 amide bonds. The molecule has 0 bridgehead atoms. The second kappa shape index (κ2) is 10.1. The van der Waals surface area contributed by atoms with E-state index >= 15 is 0 Å². The van der Waals surface area contributed by atoms with Crippen LogP contribution in [0.2, 0.25) is 0 Å². The van der Waals surface area contributed by atoms with Crippen molar-refractivity contribution in [2.45, 2.75) is 62.9 Å². The van der Waals surface area contributed by atoms with Crippen LogP contribution >= 0.6 is 0 Å². The summed E-state index contributed by atoms with van der Waals surface area (Å²) in [5, 5.41) is 15.1. The largest absolute Gasteiger partial charge is 0.480 e. The van der Waals surface area contributed by atoms with E-state index in [4.69, 9.17) is 4.74 Å². The Morgan fingerprint density at radius 3 is 2.23 bits per heavy atom. The zero-order chi connectivity index (χ0) is 24.4. The Morgan fingerprint density at radius 2 is 1.60 bits per heavy atom. The fraction of sp³-hybridized carbons (Fsp3) is 0.464. The Kier molecular flexibility index (Phi) is 6.75. The van der Waals surface area contributed by atoms with Crippen molar-refractivity contribution in [2.24, 2.45) is 11.8 Å². The Hall–Kier alpha value is -3.35. The lowest BCUT2D eigenvalue weighted by Gasteiger charge is -2.29. The molecule has 3 atom stereocenters. The normalized spacial score (nSPS) is 21.9. The van der Waals surface area contributed by atoms with Crippen LogP contribution in [0.1, 0.15) is 62.0 Å². The van der Waals surface area contributed by atoms with Gasteiger partial charge in [0, 0.05) is 17.9 Å².